The molecular weight excluding hydrogens is 382 g/mol. The Labute approximate surface area is 125 Å². The van der Waals surface area contributed by atoms with Gasteiger partial charge < -0.3 is 10.5 Å². The maximum absolute atomic E-state index is 11.9. The van der Waals surface area contributed by atoms with E-state index in [0.29, 0.717) is 15.7 Å². The van der Waals surface area contributed by atoms with Crippen molar-refractivity contribution in [1.82, 2.24) is 0 Å². The van der Waals surface area contributed by atoms with Gasteiger partial charge in [-0.25, -0.2) is 4.79 Å². The van der Waals surface area contributed by atoms with Crippen molar-refractivity contribution in [2.24, 2.45) is 0 Å². The van der Waals surface area contributed by atoms with Crippen molar-refractivity contribution in [3.05, 3.63) is 49.0 Å². The predicted octanol–water partition coefficient (Wildman–Crippen LogP) is 4.21. The molecular formula is C12H9Br2NO2S. The number of anilines is 1. The van der Waals surface area contributed by atoms with Gasteiger partial charge in [-0.15, -0.1) is 11.3 Å². The highest BCUT2D eigenvalue weighted by molar-refractivity contribution is 9.11. The number of esters is 1. The van der Waals surface area contributed by atoms with Gasteiger partial charge in [-0.3, -0.25) is 0 Å². The number of rotatable bonds is 3. The fraction of sp³-hybridized carbons (Fsp3) is 0.0833. The van der Waals surface area contributed by atoms with Crippen molar-refractivity contribution in [2.45, 2.75) is 6.61 Å². The van der Waals surface area contributed by atoms with E-state index < -0.39 is 5.97 Å². The SMILES string of the molecule is Nc1cccc(C(=O)OCc2cc(Br)cs2)c1Br. The third-order valence-electron chi connectivity index (χ3n) is 2.22. The molecule has 0 fully saturated rings. The molecule has 0 aliphatic carbocycles. The molecule has 94 valence electrons. The Kier molecular flexibility index (Phi) is 4.42. The zero-order valence-corrected chi connectivity index (χ0v) is 13.1. The van der Waals surface area contributed by atoms with Gasteiger partial charge in [0, 0.05) is 20.4 Å². The van der Waals surface area contributed by atoms with Crippen molar-refractivity contribution in [1.29, 1.82) is 0 Å². The minimum absolute atomic E-state index is 0.260. The van der Waals surface area contributed by atoms with Crippen molar-refractivity contribution in [2.75, 3.05) is 5.73 Å². The van der Waals surface area contributed by atoms with Crippen LogP contribution < -0.4 is 5.73 Å². The van der Waals surface area contributed by atoms with Crippen LogP contribution in [0.4, 0.5) is 5.69 Å². The monoisotopic (exact) mass is 389 g/mol. The number of benzene rings is 1. The average Bonchev–Trinajstić information content (AvgIpc) is 2.76. The van der Waals surface area contributed by atoms with Gasteiger partial charge in [0.1, 0.15) is 6.61 Å². The smallest absolute Gasteiger partial charge is 0.339 e. The molecule has 1 aromatic carbocycles. The predicted molar refractivity (Wildman–Crippen MR) is 79.7 cm³/mol. The van der Waals surface area contributed by atoms with Crippen molar-refractivity contribution < 1.29 is 9.53 Å². The molecule has 2 N–H and O–H groups in total. The van der Waals surface area contributed by atoms with Crippen LogP contribution in [-0.4, -0.2) is 5.97 Å². The van der Waals surface area contributed by atoms with Gasteiger partial charge in [0.2, 0.25) is 0 Å². The summed E-state index contributed by atoms with van der Waals surface area (Å²) in [6.07, 6.45) is 0. The lowest BCUT2D eigenvalue weighted by atomic mass is 10.2. The number of hydrogen-bond acceptors (Lipinski definition) is 4. The first-order chi connectivity index (χ1) is 8.58. The number of hydrogen-bond donors (Lipinski definition) is 1. The molecule has 0 amide bonds. The summed E-state index contributed by atoms with van der Waals surface area (Å²) in [6.45, 7) is 0.260. The summed E-state index contributed by atoms with van der Waals surface area (Å²) in [5.41, 5.74) is 6.66. The number of ether oxygens (including phenoxy) is 1. The first kappa shape index (κ1) is 13.6. The highest BCUT2D eigenvalue weighted by atomic mass is 79.9. The molecule has 0 bridgehead atoms. The number of nitrogen functional groups attached to an aromatic ring is 1. The van der Waals surface area contributed by atoms with Crippen LogP contribution >= 0.6 is 43.2 Å². The third-order valence-corrected chi connectivity index (χ3v) is 4.77. The Hall–Kier alpha value is -0.850. The lowest BCUT2D eigenvalue weighted by Crippen LogP contribution is -2.06. The summed E-state index contributed by atoms with van der Waals surface area (Å²) in [5.74, 6) is -0.390. The molecule has 6 heteroatoms. The highest BCUT2D eigenvalue weighted by Gasteiger charge is 2.13. The fourth-order valence-electron chi connectivity index (χ4n) is 1.35. The lowest BCUT2D eigenvalue weighted by molar-refractivity contribution is 0.0476. The molecule has 2 aromatic rings. The van der Waals surface area contributed by atoms with Gasteiger partial charge in [0.05, 0.1) is 10.0 Å². The highest BCUT2D eigenvalue weighted by Crippen LogP contribution is 2.25. The third kappa shape index (κ3) is 3.13. The van der Waals surface area contributed by atoms with Crippen molar-refractivity contribution >= 4 is 54.9 Å². The second kappa shape index (κ2) is 5.86. The van der Waals surface area contributed by atoms with Crippen LogP contribution in [0.5, 0.6) is 0 Å². The Balaban J connectivity index is 2.06. The molecule has 2 rings (SSSR count). The number of thiophene rings is 1. The van der Waals surface area contributed by atoms with Gasteiger partial charge in [0.15, 0.2) is 0 Å². The largest absolute Gasteiger partial charge is 0.456 e. The molecule has 0 aliphatic rings. The number of carbonyl (C=O) groups is 1. The second-order valence-corrected chi connectivity index (χ2v) is 6.22. The molecule has 3 nitrogen and oxygen atoms in total. The first-order valence-electron chi connectivity index (χ1n) is 5.02. The Morgan fingerprint density at radius 1 is 1.39 bits per heavy atom. The summed E-state index contributed by atoms with van der Waals surface area (Å²) in [7, 11) is 0. The molecule has 0 spiro atoms. The van der Waals surface area contributed by atoms with E-state index >= 15 is 0 Å². The molecule has 0 saturated carbocycles. The Morgan fingerprint density at radius 3 is 2.83 bits per heavy atom. The van der Waals surface area contributed by atoms with Crippen molar-refractivity contribution in [3.63, 3.8) is 0 Å². The number of nitrogens with two attached hydrogens (primary N) is 1. The molecule has 0 unspecified atom stereocenters. The quantitative estimate of drug-likeness (QED) is 0.630. The van der Waals surface area contributed by atoms with E-state index in [-0.39, 0.29) is 6.61 Å². The lowest BCUT2D eigenvalue weighted by Gasteiger charge is -2.06. The van der Waals surface area contributed by atoms with Crippen molar-refractivity contribution in [3.8, 4) is 0 Å². The van der Waals surface area contributed by atoms with E-state index in [2.05, 4.69) is 31.9 Å². The van der Waals surface area contributed by atoms with Gasteiger partial charge >= 0.3 is 5.97 Å². The van der Waals surface area contributed by atoms with E-state index in [9.17, 15) is 4.79 Å². The van der Waals surface area contributed by atoms with Crippen LogP contribution in [-0.2, 0) is 11.3 Å². The standard InChI is InChI=1S/C12H9Br2NO2S/c13-7-4-8(18-6-7)5-17-12(16)9-2-1-3-10(15)11(9)14/h1-4,6H,5,15H2. The molecule has 0 aliphatic heterocycles. The van der Waals surface area contributed by atoms with Gasteiger partial charge in [-0.1, -0.05) is 6.07 Å². The minimum atomic E-state index is -0.390. The van der Waals surface area contributed by atoms with Crippen LogP contribution in [0, 0.1) is 0 Å². The Morgan fingerprint density at radius 2 is 2.17 bits per heavy atom. The average molecular weight is 391 g/mol. The first-order valence-corrected chi connectivity index (χ1v) is 7.48. The Bertz CT molecular complexity index is 583. The number of halogens is 2. The van der Waals surface area contributed by atoms with Crippen LogP contribution in [0.2, 0.25) is 0 Å². The normalized spacial score (nSPS) is 10.3. The maximum Gasteiger partial charge on any atom is 0.339 e. The summed E-state index contributed by atoms with van der Waals surface area (Å²) in [4.78, 5) is 12.9. The van der Waals surface area contributed by atoms with E-state index in [1.807, 2.05) is 11.4 Å². The van der Waals surface area contributed by atoms with E-state index in [1.54, 1.807) is 18.2 Å². The van der Waals surface area contributed by atoms with Gasteiger partial charge in [0.25, 0.3) is 0 Å². The summed E-state index contributed by atoms with van der Waals surface area (Å²) in [5, 5.41) is 1.94. The van der Waals surface area contributed by atoms with E-state index in [0.717, 1.165) is 9.35 Å². The molecule has 1 heterocycles. The van der Waals surface area contributed by atoms with Gasteiger partial charge in [-0.05, 0) is 50.1 Å². The maximum atomic E-state index is 11.9. The van der Waals surface area contributed by atoms with Crippen LogP contribution in [0.25, 0.3) is 0 Å². The molecule has 0 saturated heterocycles. The van der Waals surface area contributed by atoms with Gasteiger partial charge in [-0.2, -0.15) is 0 Å². The van der Waals surface area contributed by atoms with Crippen LogP contribution in [0.1, 0.15) is 15.2 Å². The minimum Gasteiger partial charge on any atom is -0.456 e. The molecule has 0 radical (unpaired) electrons. The number of carbonyl (C=O) groups excluding carboxylic acids is 1. The van der Waals surface area contributed by atoms with Crippen LogP contribution in [0.15, 0.2) is 38.6 Å². The summed E-state index contributed by atoms with van der Waals surface area (Å²) >= 11 is 8.17. The summed E-state index contributed by atoms with van der Waals surface area (Å²) < 4.78 is 6.79. The van der Waals surface area contributed by atoms with E-state index in [4.69, 9.17) is 10.5 Å². The van der Waals surface area contributed by atoms with E-state index in [1.165, 1.54) is 11.3 Å². The van der Waals surface area contributed by atoms with Crippen LogP contribution in [0.3, 0.4) is 0 Å². The molecule has 0 atom stereocenters. The zero-order chi connectivity index (χ0) is 13.1. The summed E-state index contributed by atoms with van der Waals surface area (Å²) in [6, 6.07) is 7.04. The topological polar surface area (TPSA) is 52.3 Å². The molecule has 1 aromatic heterocycles. The fourth-order valence-corrected chi connectivity index (χ4v) is 3.14. The second-order valence-electron chi connectivity index (χ2n) is 3.52. The molecule has 18 heavy (non-hydrogen) atoms. The zero-order valence-electron chi connectivity index (χ0n) is 9.15.